The summed E-state index contributed by atoms with van der Waals surface area (Å²) in [6, 6.07) is 11.4. The third-order valence-corrected chi connectivity index (χ3v) is 4.40. The first-order chi connectivity index (χ1) is 10.6. The highest BCUT2D eigenvalue weighted by Gasteiger charge is 2.32. The lowest BCUT2D eigenvalue weighted by atomic mass is 10.1. The first-order valence-electron chi connectivity index (χ1n) is 7.03. The van der Waals surface area contributed by atoms with Crippen LogP contribution in [-0.2, 0) is 13.0 Å². The number of benzene rings is 2. The lowest BCUT2D eigenvalue weighted by Crippen LogP contribution is -2.39. The Morgan fingerprint density at radius 3 is 2.82 bits per heavy atom. The molecule has 1 N–H and O–H groups in total. The molecule has 1 atom stereocenters. The monoisotopic (exact) mass is 363 g/mol. The largest absolute Gasteiger partial charge is 0.394 e. The summed E-state index contributed by atoms with van der Waals surface area (Å²) >= 11 is 3.40. The molecule has 0 radical (unpaired) electrons. The fourth-order valence-electron chi connectivity index (χ4n) is 2.82. The van der Waals surface area contributed by atoms with Gasteiger partial charge in [0.25, 0.3) is 5.91 Å². The fourth-order valence-corrected chi connectivity index (χ4v) is 3.22. The summed E-state index contributed by atoms with van der Waals surface area (Å²) < 4.78 is 14.2. The van der Waals surface area contributed by atoms with Crippen molar-refractivity contribution in [2.75, 3.05) is 6.61 Å². The third-order valence-electron chi connectivity index (χ3n) is 3.91. The van der Waals surface area contributed by atoms with Crippen LogP contribution in [0.15, 0.2) is 46.9 Å². The van der Waals surface area contributed by atoms with Gasteiger partial charge in [-0.25, -0.2) is 4.39 Å². The molecule has 0 saturated heterocycles. The first-order valence-corrected chi connectivity index (χ1v) is 7.82. The summed E-state index contributed by atoms with van der Waals surface area (Å²) in [6.45, 7) is 0.311. The Labute approximate surface area is 136 Å². The van der Waals surface area contributed by atoms with Gasteiger partial charge < -0.3 is 10.0 Å². The van der Waals surface area contributed by atoms with E-state index < -0.39 is 0 Å². The summed E-state index contributed by atoms with van der Waals surface area (Å²) in [5.74, 6) is -0.396. The lowest BCUT2D eigenvalue weighted by Gasteiger charge is -2.26. The molecule has 0 fully saturated rings. The SMILES string of the molecule is O=C1c2ccc(Br)cc2CN1[C@H](CO)Cc1cccc(F)c1. The molecule has 0 aromatic heterocycles. The minimum absolute atomic E-state index is 0.0852. The van der Waals surface area contributed by atoms with Gasteiger partial charge in [0.2, 0.25) is 0 Å². The number of halogens is 2. The van der Waals surface area contributed by atoms with Crippen LogP contribution in [0.4, 0.5) is 4.39 Å². The minimum Gasteiger partial charge on any atom is -0.394 e. The lowest BCUT2D eigenvalue weighted by molar-refractivity contribution is 0.0618. The van der Waals surface area contributed by atoms with Gasteiger partial charge in [-0.3, -0.25) is 4.79 Å². The van der Waals surface area contributed by atoms with Crippen LogP contribution >= 0.6 is 15.9 Å². The Bertz CT molecular complexity index is 720. The smallest absolute Gasteiger partial charge is 0.254 e. The van der Waals surface area contributed by atoms with E-state index in [0.29, 0.717) is 18.5 Å². The molecule has 114 valence electrons. The number of hydrogen-bond acceptors (Lipinski definition) is 2. The van der Waals surface area contributed by atoms with E-state index in [9.17, 15) is 14.3 Å². The van der Waals surface area contributed by atoms with Gasteiger partial charge in [-0.2, -0.15) is 0 Å². The standard InChI is InChI=1S/C17H15BrFNO2/c18-13-4-5-16-12(8-13)9-20(17(16)22)15(10-21)7-11-2-1-3-14(19)6-11/h1-6,8,15,21H,7,9-10H2/t15-/m0/s1. The van der Waals surface area contributed by atoms with Crippen LogP contribution in [-0.4, -0.2) is 28.6 Å². The molecule has 0 unspecified atom stereocenters. The molecule has 2 aromatic rings. The molecular formula is C17H15BrFNO2. The maximum atomic E-state index is 13.3. The number of hydrogen-bond donors (Lipinski definition) is 1. The van der Waals surface area contributed by atoms with Crippen molar-refractivity contribution in [1.29, 1.82) is 0 Å². The maximum absolute atomic E-state index is 13.3. The summed E-state index contributed by atoms with van der Waals surface area (Å²) in [4.78, 5) is 14.1. The van der Waals surface area contributed by atoms with E-state index >= 15 is 0 Å². The van der Waals surface area contributed by atoms with Crippen molar-refractivity contribution in [3.8, 4) is 0 Å². The van der Waals surface area contributed by atoms with Crippen LogP contribution in [0.2, 0.25) is 0 Å². The molecule has 3 rings (SSSR count). The molecule has 0 saturated carbocycles. The van der Waals surface area contributed by atoms with Crippen molar-refractivity contribution in [3.05, 3.63) is 69.4 Å². The minimum atomic E-state index is -0.361. The average Bonchev–Trinajstić information content (AvgIpc) is 2.81. The van der Waals surface area contributed by atoms with Gasteiger partial charge in [-0.15, -0.1) is 0 Å². The summed E-state index contributed by atoms with van der Waals surface area (Å²) in [5.41, 5.74) is 2.38. The topological polar surface area (TPSA) is 40.5 Å². The Morgan fingerprint density at radius 1 is 1.27 bits per heavy atom. The van der Waals surface area contributed by atoms with Gasteiger partial charge in [-0.1, -0.05) is 28.1 Å². The number of amides is 1. The number of aliphatic hydroxyl groups excluding tert-OH is 1. The van der Waals surface area contributed by atoms with E-state index in [-0.39, 0.29) is 24.4 Å². The molecule has 0 spiro atoms. The molecule has 3 nitrogen and oxygen atoms in total. The second kappa shape index (κ2) is 6.18. The molecule has 0 aliphatic carbocycles. The number of aliphatic hydroxyl groups is 1. The Morgan fingerprint density at radius 2 is 2.09 bits per heavy atom. The predicted octanol–water partition coefficient (Wildman–Crippen LogP) is 3.15. The van der Waals surface area contributed by atoms with Gasteiger partial charge >= 0.3 is 0 Å². The van der Waals surface area contributed by atoms with Crippen LogP contribution in [0.1, 0.15) is 21.5 Å². The van der Waals surface area contributed by atoms with Crippen molar-refractivity contribution >= 4 is 21.8 Å². The van der Waals surface area contributed by atoms with Crippen LogP contribution < -0.4 is 0 Å². The molecule has 1 aliphatic heterocycles. The maximum Gasteiger partial charge on any atom is 0.254 e. The number of nitrogens with zero attached hydrogens (tertiary/aromatic N) is 1. The van der Waals surface area contributed by atoms with Crippen molar-refractivity contribution in [2.45, 2.75) is 19.0 Å². The summed E-state index contributed by atoms with van der Waals surface area (Å²) in [5, 5.41) is 9.67. The van der Waals surface area contributed by atoms with E-state index in [1.54, 1.807) is 23.1 Å². The highest BCUT2D eigenvalue weighted by molar-refractivity contribution is 9.10. The molecule has 0 bridgehead atoms. The first kappa shape index (κ1) is 15.2. The second-order valence-electron chi connectivity index (χ2n) is 5.40. The highest BCUT2D eigenvalue weighted by Crippen LogP contribution is 2.28. The number of fused-ring (bicyclic) bond motifs is 1. The van der Waals surface area contributed by atoms with Crippen LogP contribution in [0.3, 0.4) is 0 Å². The highest BCUT2D eigenvalue weighted by atomic mass is 79.9. The average molecular weight is 364 g/mol. The molecule has 1 heterocycles. The van der Waals surface area contributed by atoms with Gasteiger partial charge in [0.1, 0.15) is 5.82 Å². The molecule has 1 amide bonds. The van der Waals surface area contributed by atoms with Crippen molar-refractivity contribution in [1.82, 2.24) is 4.90 Å². The van der Waals surface area contributed by atoms with Gasteiger partial charge in [0, 0.05) is 16.6 Å². The summed E-state index contributed by atoms with van der Waals surface area (Å²) in [6.07, 6.45) is 0.426. The molecule has 2 aromatic carbocycles. The van der Waals surface area contributed by atoms with E-state index in [4.69, 9.17) is 0 Å². The van der Waals surface area contributed by atoms with Crippen molar-refractivity contribution < 1.29 is 14.3 Å². The third kappa shape index (κ3) is 2.91. The van der Waals surface area contributed by atoms with Crippen LogP contribution in [0.5, 0.6) is 0 Å². The van der Waals surface area contributed by atoms with Gasteiger partial charge in [0.15, 0.2) is 0 Å². The molecule has 1 aliphatic rings. The fraction of sp³-hybridized carbons (Fsp3) is 0.235. The van der Waals surface area contributed by atoms with Gasteiger partial charge in [0.05, 0.1) is 12.6 Å². The number of carbonyl (C=O) groups excluding carboxylic acids is 1. The zero-order valence-corrected chi connectivity index (χ0v) is 13.4. The zero-order chi connectivity index (χ0) is 15.7. The molecule has 5 heteroatoms. The molecular weight excluding hydrogens is 349 g/mol. The van der Waals surface area contributed by atoms with E-state index in [1.165, 1.54) is 12.1 Å². The number of carbonyl (C=O) groups is 1. The van der Waals surface area contributed by atoms with Crippen LogP contribution in [0.25, 0.3) is 0 Å². The van der Waals surface area contributed by atoms with E-state index in [1.807, 2.05) is 12.1 Å². The number of rotatable bonds is 4. The second-order valence-corrected chi connectivity index (χ2v) is 6.32. The Hall–Kier alpha value is -1.72. The van der Waals surface area contributed by atoms with E-state index in [2.05, 4.69) is 15.9 Å². The Kier molecular flexibility index (Phi) is 4.27. The normalized spacial score (nSPS) is 15.0. The van der Waals surface area contributed by atoms with E-state index in [0.717, 1.165) is 15.6 Å². The predicted molar refractivity (Wildman–Crippen MR) is 85.0 cm³/mol. The van der Waals surface area contributed by atoms with Gasteiger partial charge in [-0.05, 0) is 47.9 Å². The van der Waals surface area contributed by atoms with Crippen molar-refractivity contribution in [2.24, 2.45) is 0 Å². The van der Waals surface area contributed by atoms with Crippen molar-refractivity contribution in [3.63, 3.8) is 0 Å². The Balaban J connectivity index is 1.82. The zero-order valence-electron chi connectivity index (χ0n) is 11.8. The quantitative estimate of drug-likeness (QED) is 0.906. The van der Waals surface area contributed by atoms with Crippen LogP contribution in [0, 0.1) is 5.82 Å². The molecule has 22 heavy (non-hydrogen) atoms. The summed E-state index contributed by atoms with van der Waals surface area (Å²) in [7, 11) is 0.